The van der Waals surface area contributed by atoms with Gasteiger partial charge >= 0.3 is 0 Å². The summed E-state index contributed by atoms with van der Waals surface area (Å²) in [7, 11) is 1.56. The summed E-state index contributed by atoms with van der Waals surface area (Å²) in [6.07, 6.45) is 0.0119. The van der Waals surface area contributed by atoms with Crippen molar-refractivity contribution in [3.05, 3.63) is 17.7 Å². The lowest BCUT2D eigenvalue weighted by Gasteiger charge is -2.18. The van der Waals surface area contributed by atoms with E-state index in [1.807, 2.05) is 6.92 Å². The van der Waals surface area contributed by atoms with E-state index in [-0.39, 0.29) is 19.2 Å². The predicted octanol–water partition coefficient (Wildman–Crippen LogP) is 1.62. The standard InChI is InChI=1S/C12H17NO4.ClH/c1-3-8(14)11(13)7-4-9(15-2)12-10(5-7)16-6-17-12;/h4-5,8,11,14H,3,6,13H2,1-2H3;1H/t8-,11+;/m0./s1. The molecule has 0 bridgehead atoms. The smallest absolute Gasteiger partial charge is 0.231 e. The molecule has 6 heteroatoms. The van der Waals surface area contributed by atoms with Gasteiger partial charge < -0.3 is 25.1 Å². The van der Waals surface area contributed by atoms with E-state index in [0.717, 1.165) is 5.56 Å². The highest BCUT2D eigenvalue weighted by Crippen LogP contribution is 2.43. The number of hydrogen-bond acceptors (Lipinski definition) is 5. The number of nitrogens with two attached hydrogens (primary N) is 1. The molecule has 18 heavy (non-hydrogen) atoms. The number of benzene rings is 1. The quantitative estimate of drug-likeness (QED) is 0.873. The molecule has 0 saturated carbocycles. The van der Waals surface area contributed by atoms with Gasteiger partial charge in [-0.25, -0.2) is 0 Å². The van der Waals surface area contributed by atoms with E-state index >= 15 is 0 Å². The molecule has 0 unspecified atom stereocenters. The van der Waals surface area contributed by atoms with Gasteiger partial charge in [-0.1, -0.05) is 6.92 Å². The van der Waals surface area contributed by atoms with Crippen LogP contribution in [0.4, 0.5) is 0 Å². The Hall–Kier alpha value is -1.17. The molecule has 102 valence electrons. The first-order valence-corrected chi connectivity index (χ1v) is 5.58. The summed E-state index contributed by atoms with van der Waals surface area (Å²) in [4.78, 5) is 0. The van der Waals surface area contributed by atoms with Crippen molar-refractivity contribution in [3.63, 3.8) is 0 Å². The van der Waals surface area contributed by atoms with Crippen LogP contribution in [-0.2, 0) is 0 Å². The minimum atomic E-state index is -0.583. The van der Waals surface area contributed by atoms with Crippen molar-refractivity contribution in [2.24, 2.45) is 5.73 Å². The molecule has 1 aliphatic rings. The van der Waals surface area contributed by atoms with Crippen molar-refractivity contribution in [1.82, 2.24) is 0 Å². The van der Waals surface area contributed by atoms with Crippen LogP contribution in [-0.4, -0.2) is 25.1 Å². The van der Waals surface area contributed by atoms with Gasteiger partial charge in [0, 0.05) is 0 Å². The highest BCUT2D eigenvalue weighted by molar-refractivity contribution is 5.85. The first-order chi connectivity index (χ1) is 8.17. The number of hydrogen-bond donors (Lipinski definition) is 2. The number of ether oxygens (including phenoxy) is 3. The number of rotatable bonds is 4. The molecule has 0 spiro atoms. The lowest BCUT2D eigenvalue weighted by atomic mass is 10.00. The molecule has 2 atom stereocenters. The zero-order valence-corrected chi connectivity index (χ0v) is 11.2. The van der Waals surface area contributed by atoms with E-state index in [9.17, 15) is 5.11 Å². The molecule has 0 aliphatic carbocycles. The van der Waals surface area contributed by atoms with Crippen molar-refractivity contribution < 1.29 is 19.3 Å². The van der Waals surface area contributed by atoms with Gasteiger partial charge in [-0.3, -0.25) is 0 Å². The SMILES string of the molecule is CC[C@H](O)[C@H](N)c1cc(OC)c2c(c1)OCO2.Cl. The van der Waals surface area contributed by atoms with E-state index in [0.29, 0.717) is 23.7 Å². The fourth-order valence-electron chi connectivity index (χ4n) is 1.82. The van der Waals surface area contributed by atoms with Crippen molar-refractivity contribution in [2.45, 2.75) is 25.5 Å². The highest BCUT2D eigenvalue weighted by atomic mass is 35.5. The number of methoxy groups -OCH3 is 1. The molecule has 0 saturated heterocycles. The van der Waals surface area contributed by atoms with Crippen molar-refractivity contribution >= 4 is 12.4 Å². The Kier molecular flexibility index (Phi) is 5.07. The second-order valence-electron chi connectivity index (χ2n) is 3.96. The monoisotopic (exact) mass is 275 g/mol. The molecule has 1 aromatic rings. The molecule has 1 aromatic carbocycles. The average Bonchev–Trinajstić information content (AvgIpc) is 2.83. The minimum absolute atomic E-state index is 0. The normalized spacial score (nSPS) is 15.8. The summed E-state index contributed by atoms with van der Waals surface area (Å²) >= 11 is 0. The summed E-state index contributed by atoms with van der Waals surface area (Å²) in [6, 6.07) is 3.11. The molecule has 0 fully saturated rings. The maximum Gasteiger partial charge on any atom is 0.231 e. The molecule has 0 radical (unpaired) electrons. The minimum Gasteiger partial charge on any atom is -0.493 e. The zero-order valence-electron chi connectivity index (χ0n) is 10.4. The summed E-state index contributed by atoms with van der Waals surface area (Å²) in [5.74, 6) is 1.78. The predicted molar refractivity (Wildman–Crippen MR) is 69.6 cm³/mol. The second kappa shape index (κ2) is 6.13. The Morgan fingerprint density at radius 2 is 2.17 bits per heavy atom. The third kappa shape index (κ3) is 2.63. The summed E-state index contributed by atoms with van der Waals surface area (Å²) in [5, 5.41) is 9.75. The number of aliphatic hydroxyl groups excluding tert-OH is 1. The Morgan fingerprint density at radius 3 is 2.78 bits per heavy atom. The molecule has 1 aliphatic heterocycles. The average molecular weight is 276 g/mol. The fraction of sp³-hybridized carbons (Fsp3) is 0.500. The molecular weight excluding hydrogens is 258 g/mol. The first-order valence-electron chi connectivity index (χ1n) is 5.58. The highest BCUT2D eigenvalue weighted by Gasteiger charge is 2.24. The molecule has 3 N–H and O–H groups in total. The Morgan fingerprint density at radius 1 is 1.44 bits per heavy atom. The summed E-state index contributed by atoms with van der Waals surface area (Å²) in [5.41, 5.74) is 6.74. The number of aliphatic hydroxyl groups is 1. The van der Waals surface area contributed by atoms with Crippen LogP contribution < -0.4 is 19.9 Å². The lowest BCUT2D eigenvalue weighted by Crippen LogP contribution is -2.25. The van der Waals surface area contributed by atoms with Crippen LogP contribution in [0.3, 0.4) is 0 Å². The maximum absolute atomic E-state index is 9.75. The fourth-order valence-corrected chi connectivity index (χ4v) is 1.82. The van der Waals surface area contributed by atoms with E-state index in [2.05, 4.69) is 0 Å². The molecule has 1 heterocycles. The van der Waals surface area contributed by atoms with Crippen LogP contribution in [0.5, 0.6) is 17.2 Å². The third-order valence-corrected chi connectivity index (χ3v) is 2.90. The van der Waals surface area contributed by atoms with Gasteiger partial charge in [0.1, 0.15) is 0 Å². The molecule has 2 rings (SSSR count). The van der Waals surface area contributed by atoms with Crippen molar-refractivity contribution in [3.8, 4) is 17.2 Å². The van der Waals surface area contributed by atoms with Crippen LogP contribution in [0.15, 0.2) is 12.1 Å². The second-order valence-corrected chi connectivity index (χ2v) is 3.96. The van der Waals surface area contributed by atoms with Gasteiger partial charge in [0.15, 0.2) is 11.5 Å². The summed E-state index contributed by atoms with van der Waals surface area (Å²) < 4.78 is 15.8. The number of halogens is 1. The van der Waals surface area contributed by atoms with Crippen LogP contribution in [0.1, 0.15) is 24.9 Å². The van der Waals surface area contributed by atoms with Gasteiger partial charge in [0.05, 0.1) is 19.3 Å². The van der Waals surface area contributed by atoms with Gasteiger partial charge in [-0.15, -0.1) is 12.4 Å². The topological polar surface area (TPSA) is 73.9 Å². The van der Waals surface area contributed by atoms with Gasteiger partial charge in [0.25, 0.3) is 0 Å². The Labute approximate surface area is 112 Å². The van der Waals surface area contributed by atoms with Crippen LogP contribution >= 0.6 is 12.4 Å². The molecule has 0 amide bonds. The Bertz CT molecular complexity index is 413. The molecule has 0 aromatic heterocycles. The summed E-state index contributed by atoms with van der Waals surface area (Å²) in [6.45, 7) is 2.06. The molecule has 5 nitrogen and oxygen atoms in total. The third-order valence-electron chi connectivity index (χ3n) is 2.90. The maximum atomic E-state index is 9.75. The number of fused-ring (bicyclic) bond motifs is 1. The first kappa shape index (κ1) is 14.9. The van der Waals surface area contributed by atoms with Crippen molar-refractivity contribution in [2.75, 3.05) is 13.9 Å². The van der Waals surface area contributed by atoms with E-state index in [1.54, 1.807) is 19.2 Å². The van der Waals surface area contributed by atoms with Crippen molar-refractivity contribution in [1.29, 1.82) is 0 Å². The Balaban J connectivity index is 0.00000162. The zero-order chi connectivity index (χ0) is 12.4. The van der Waals surface area contributed by atoms with E-state index in [1.165, 1.54) is 0 Å². The molecular formula is C12H18ClNO4. The van der Waals surface area contributed by atoms with E-state index < -0.39 is 12.1 Å². The van der Waals surface area contributed by atoms with Crippen LogP contribution in [0.25, 0.3) is 0 Å². The van der Waals surface area contributed by atoms with E-state index in [4.69, 9.17) is 19.9 Å². The van der Waals surface area contributed by atoms with Gasteiger partial charge in [-0.2, -0.15) is 0 Å². The lowest BCUT2D eigenvalue weighted by molar-refractivity contribution is 0.140. The largest absolute Gasteiger partial charge is 0.493 e. The van der Waals surface area contributed by atoms with Crippen LogP contribution in [0, 0.1) is 0 Å². The van der Waals surface area contributed by atoms with Crippen LogP contribution in [0.2, 0.25) is 0 Å². The van der Waals surface area contributed by atoms with Gasteiger partial charge in [0.2, 0.25) is 12.5 Å². The van der Waals surface area contributed by atoms with Gasteiger partial charge in [-0.05, 0) is 24.1 Å².